The van der Waals surface area contributed by atoms with E-state index in [0.717, 1.165) is 36.3 Å². The van der Waals surface area contributed by atoms with Crippen LogP contribution in [0, 0.1) is 5.92 Å². The average molecular weight is 312 g/mol. The molecular formula is C17H20N4O2. The summed E-state index contributed by atoms with van der Waals surface area (Å²) in [5.74, 6) is 0.0550. The predicted molar refractivity (Wildman–Crippen MR) is 87.6 cm³/mol. The minimum absolute atomic E-state index is 0.0105. The quantitative estimate of drug-likeness (QED) is 0.911. The second-order valence-corrected chi connectivity index (χ2v) is 6.31. The highest BCUT2D eigenvalue weighted by atomic mass is 16.5. The molecule has 1 amide bonds. The average Bonchev–Trinajstić information content (AvgIpc) is 3.24. The van der Waals surface area contributed by atoms with Gasteiger partial charge < -0.3 is 15.4 Å². The number of aromatic nitrogens is 2. The van der Waals surface area contributed by atoms with Gasteiger partial charge in [0, 0.05) is 24.6 Å². The molecule has 2 aliphatic heterocycles. The molecule has 23 heavy (non-hydrogen) atoms. The van der Waals surface area contributed by atoms with Gasteiger partial charge in [-0.05, 0) is 37.5 Å². The van der Waals surface area contributed by atoms with Gasteiger partial charge in [-0.25, -0.2) is 0 Å². The van der Waals surface area contributed by atoms with E-state index in [1.54, 1.807) is 10.9 Å². The summed E-state index contributed by atoms with van der Waals surface area (Å²) in [5, 5.41) is 10.4. The van der Waals surface area contributed by atoms with Crippen molar-refractivity contribution in [1.82, 2.24) is 9.78 Å². The van der Waals surface area contributed by atoms with Crippen molar-refractivity contribution in [2.24, 2.45) is 13.0 Å². The summed E-state index contributed by atoms with van der Waals surface area (Å²) in [7, 11) is 1.87. The molecule has 2 bridgehead atoms. The molecule has 0 unspecified atom stereocenters. The summed E-state index contributed by atoms with van der Waals surface area (Å²) in [6, 6.07) is 7.72. The maximum absolute atomic E-state index is 12.5. The van der Waals surface area contributed by atoms with E-state index in [2.05, 4.69) is 15.7 Å². The van der Waals surface area contributed by atoms with Gasteiger partial charge in [-0.2, -0.15) is 5.10 Å². The number of aryl methyl sites for hydroxylation is 1. The molecule has 2 fully saturated rings. The van der Waals surface area contributed by atoms with Crippen LogP contribution in [-0.2, 0) is 16.6 Å². The van der Waals surface area contributed by atoms with Crippen LogP contribution in [0.5, 0.6) is 0 Å². The summed E-state index contributed by atoms with van der Waals surface area (Å²) in [4.78, 5) is 12.5. The Balaban J connectivity index is 1.43. The number of fused-ring (bicyclic) bond motifs is 2. The Morgan fingerprint density at radius 2 is 2.17 bits per heavy atom. The summed E-state index contributed by atoms with van der Waals surface area (Å²) >= 11 is 0. The van der Waals surface area contributed by atoms with Crippen LogP contribution in [0.2, 0.25) is 0 Å². The van der Waals surface area contributed by atoms with Crippen LogP contribution >= 0.6 is 0 Å². The molecule has 1 aromatic carbocycles. The Morgan fingerprint density at radius 3 is 2.87 bits per heavy atom. The number of carbonyl (C=O) groups excluding carboxylic acids is 1. The highest BCUT2D eigenvalue weighted by molar-refractivity contribution is 5.93. The normalized spacial score (nSPS) is 25.5. The van der Waals surface area contributed by atoms with Crippen molar-refractivity contribution in [3.8, 4) is 0 Å². The lowest BCUT2D eigenvalue weighted by molar-refractivity contribution is -0.121. The molecule has 2 aliphatic rings. The van der Waals surface area contributed by atoms with Gasteiger partial charge in [0.15, 0.2) is 0 Å². The molecule has 0 radical (unpaired) electrons. The minimum Gasteiger partial charge on any atom is -0.374 e. The van der Waals surface area contributed by atoms with Gasteiger partial charge in [0.1, 0.15) is 0 Å². The van der Waals surface area contributed by atoms with Crippen molar-refractivity contribution in [2.75, 3.05) is 10.6 Å². The standard InChI is InChI=1S/C17H20N4O2/c1-21-10-13(9-18-21)19-11-3-2-4-12(7-11)20-17(22)15-8-14-5-6-16(15)23-14/h2-4,7,9-10,14-16,19H,5-6,8H2,1H3,(H,20,22)/t14-,15-,16-/m1/s1. The molecule has 6 heteroatoms. The zero-order chi connectivity index (χ0) is 15.8. The van der Waals surface area contributed by atoms with Crippen LogP contribution in [0.15, 0.2) is 36.7 Å². The van der Waals surface area contributed by atoms with Gasteiger partial charge in [-0.3, -0.25) is 9.48 Å². The van der Waals surface area contributed by atoms with Crippen molar-refractivity contribution in [3.63, 3.8) is 0 Å². The fraction of sp³-hybridized carbons (Fsp3) is 0.412. The molecule has 0 spiro atoms. The van der Waals surface area contributed by atoms with Gasteiger partial charge in [0.05, 0.1) is 30.0 Å². The number of anilines is 3. The number of hydrogen-bond acceptors (Lipinski definition) is 4. The lowest BCUT2D eigenvalue weighted by atomic mass is 9.88. The van der Waals surface area contributed by atoms with Crippen LogP contribution < -0.4 is 10.6 Å². The van der Waals surface area contributed by atoms with E-state index in [1.165, 1.54) is 0 Å². The van der Waals surface area contributed by atoms with Crippen LogP contribution in [0.25, 0.3) is 0 Å². The van der Waals surface area contributed by atoms with Crippen molar-refractivity contribution < 1.29 is 9.53 Å². The van der Waals surface area contributed by atoms with E-state index in [4.69, 9.17) is 4.74 Å². The first-order valence-electron chi connectivity index (χ1n) is 7.99. The molecular weight excluding hydrogens is 292 g/mol. The molecule has 120 valence electrons. The van der Waals surface area contributed by atoms with Crippen LogP contribution in [-0.4, -0.2) is 27.9 Å². The fourth-order valence-electron chi connectivity index (χ4n) is 3.48. The van der Waals surface area contributed by atoms with Gasteiger partial charge >= 0.3 is 0 Å². The Morgan fingerprint density at radius 1 is 1.30 bits per heavy atom. The smallest absolute Gasteiger partial charge is 0.230 e. The number of nitrogens with one attached hydrogen (secondary N) is 2. The van der Waals surface area contributed by atoms with Crippen molar-refractivity contribution >= 4 is 23.0 Å². The van der Waals surface area contributed by atoms with Gasteiger partial charge in [-0.15, -0.1) is 0 Å². The molecule has 3 heterocycles. The summed E-state index contributed by atoms with van der Waals surface area (Å²) < 4.78 is 7.51. The second kappa shape index (κ2) is 5.70. The zero-order valence-electron chi connectivity index (χ0n) is 13.0. The van der Waals surface area contributed by atoms with Crippen LogP contribution in [0.3, 0.4) is 0 Å². The maximum atomic E-state index is 12.5. The summed E-state index contributed by atoms with van der Waals surface area (Å²) in [6.45, 7) is 0. The molecule has 1 aromatic heterocycles. The Labute approximate surface area is 134 Å². The SMILES string of the molecule is Cn1cc(Nc2cccc(NC(=O)[C@@H]3C[C@H]4CC[C@H]3O4)c2)cn1. The van der Waals surface area contributed by atoms with Crippen LogP contribution in [0.4, 0.5) is 17.1 Å². The molecule has 0 aliphatic carbocycles. The van der Waals surface area contributed by atoms with Gasteiger partial charge in [-0.1, -0.05) is 6.07 Å². The Kier molecular flexibility index (Phi) is 3.53. The number of rotatable bonds is 4. The van der Waals surface area contributed by atoms with Crippen molar-refractivity contribution in [2.45, 2.75) is 31.5 Å². The lowest BCUT2D eigenvalue weighted by Gasteiger charge is -2.18. The number of hydrogen-bond donors (Lipinski definition) is 2. The molecule has 4 rings (SSSR count). The van der Waals surface area contributed by atoms with E-state index in [0.29, 0.717) is 0 Å². The van der Waals surface area contributed by atoms with Crippen LogP contribution in [0.1, 0.15) is 19.3 Å². The van der Waals surface area contributed by atoms with E-state index < -0.39 is 0 Å². The number of ether oxygens (including phenoxy) is 1. The lowest BCUT2D eigenvalue weighted by Crippen LogP contribution is -2.30. The molecule has 3 atom stereocenters. The molecule has 2 aromatic rings. The molecule has 6 nitrogen and oxygen atoms in total. The van der Waals surface area contributed by atoms with E-state index in [-0.39, 0.29) is 24.0 Å². The number of benzene rings is 1. The zero-order valence-corrected chi connectivity index (χ0v) is 13.0. The first-order valence-corrected chi connectivity index (χ1v) is 7.99. The van der Waals surface area contributed by atoms with E-state index in [9.17, 15) is 4.79 Å². The monoisotopic (exact) mass is 312 g/mol. The number of nitrogens with zero attached hydrogens (tertiary/aromatic N) is 2. The topological polar surface area (TPSA) is 68.2 Å². The number of amides is 1. The maximum Gasteiger partial charge on any atom is 0.230 e. The summed E-state index contributed by atoms with van der Waals surface area (Å²) in [5.41, 5.74) is 2.63. The molecule has 2 saturated heterocycles. The number of carbonyl (C=O) groups is 1. The predicted octanol–water partition coefficient (Wildman–Crippen LogP) is 2.67. The first kappa shape index (κ1) is 14.3. The highest BCUT2D eigenvalue weighted by Crippen LogP contribution is 2.39. The van der Waals surface area contributed by atoms with E-state index >= 15 is 0 Å². The molecule has 0 saturated carbocycles. The van der Waals surface area contributed by atoms with Crippen molar-refractivity contribution in [3.05, 3.63) is 36.7 Å². The minimum atomic E-state index is -0.0105. The third-order valence-electron chi connectivity index (χ3n) is 4.57. The Hall–Kier alpha value is -2.34. The largest absolute Gasteiger partial charge is 0.374 e. The molecule has 2 N–H and O–H groups in total. The third-order valence-corrected chi connectivity index (χ3v) is 4.57. The third kappa shape index (κ3) is 2.94. The second-order valence-electron chi connectivity index (χ2n) is 6.31. The van der Waals surface area contributed by atoms with Gasteiger partial charge in [0.2, 0.25) is 5.91 Å². The Bertz CT molecular complexity index is 727. The van der Waals surface area contributed by atoms with Crippen molar-refractivity contribution in [1.29, 1.82) is 0 Å². The highest BCUT2D eigenvalue weighted by Gasteiger charge is 2.44. The fourth-order valence-corrected chi connectivity index (χ4v) is 3.48. The summed E-state index contributed by atoms with van der Waals surface area (Å²) in [6.07, 6.45) is 7.01. The van der Waals surface area contributed by atoms with Gasteiger partial charge in [0.25, 0.3) is 0 Å². The first-order chi connectivity index (χ1) is 11.2. The van der Waals surface area contributed by atoms with E-state index in [1.807, 2.05) is 37.5 Å².